The van der Waals surface area contributed by atoms with Gasteiger partial charge in [0.1, 0.15) is 11.5 Å². The van der Waals surface area contributed by atoms with Gasteiger partial charge in [0, 0.05) is 11.6 Å². The van der Waals surface area contributed by atoms with Gasteiger partial charge in [0.05, 0.1) is 10.7 Å². The Labute approximate surface area is 109 Å². The third-order valence-corrected chi connectivity index (χ3v) is 2.87. The molecular formula is C11H7ClF4N2O. The predicted molar refractivity (Wildman–Crippen MR) is 61.1 cm³/mol. The molecule has 0 radical (unpaired) electrons. The number of halogens is 5. The molecule has 1 heterocycles. The molecule has 0 bridgehead atoms. The Morgan fingerprint density at radius 2 is 1.95 bits per heavy atom. The Bertz CT molecular complexity index is 687. The Balaban J connectivity index is 2.64. The van der Waals surface area contributed by atoms with Crippen molar-refractivity contribution in [2.24, 2.45) is 0 Å². The molecule has 1 aromatic carbocycles. The van der Waals surface area contributed by atoms with E-state index in [1.54, 1.807) is 0 Å². The van der Waals surface area contributed by atoms with E-state index in [9.17, 15) is 22.4 Å². The van der Waals surface area contributed by atoms with Gasteiger partial charge in [0.25, 0.3) is 5.56 Å². The summed E-state index contributed by atoms with van der Waals surface area (Å²) in [6, 6.07) is 3.27. The van der Waals surface area contributed by atoms with Crippen LogP contribution in [0.3, 0.4) is 0 Å². The zero-order chi connectivity index (χ0) is 14.4. The van der Waals surface area contributed by atoms with Crippen LogP contribution < -0.4 is 5.56 Å². The van der Waals surface area contributed by atoms with E-state index in [0.717, 1.165) is 19.1 Å². The summed E-state index contributed by atoms with van der Waals surface area (Å²) in [4.78, 5) is 11.7. The second-order valence-corrected chi connectivity index (χ2v) is 4.26. The number of H-pyrrole nitrogens is 1. The average molecular weight is 295 g/mol. The molecule has 2 rings (SSSR count). The molecule has 0 saturated carbocycles. The average Bonchev–Trinajstić information content (AvgIpc) is 2.60. The fourth-order valence-corrected chi connectivity index (χ4v) is 1.72. The summed E-state index contributed by atoms with van der Waals surface area (Å²) >= 11 is 5.46. The number of aromatic nitrogens is 2. The number of aromatic amines is 1. The molecule has 19 heavy (non-hydrogen) atoms. The number of hydrogen-bond acceptors (Lipinski definition) is 1. The lowest BCUT2D eigenvalue weighted by molar-refractivity contribution is -0.141. The molecule has 0 spiro atoms. The van der Waals surface area contributed by atoms with Crippen LogP contribution in [-0.4, -0.2) is 9.78 Å². The van der Waals surface area contributed by atoms with Crippen LogP contribution in [0.5, 0.6) is 0 Å². The van der Waals surface area contributed by atoms with E-state index in [0.29, 0.717) is 4.68 Å². The molecule has 1 aromatic heterocycles. The lowest BCUT2D eigenvalue weighted by Crippen LogP contribution is -2.15. The predicted octanol–water partition coefficient (Wildman–Crippen LogP) is 3.29. The Hall–Kier alpha value is -1.76. The summed E-state index contributed by atoms with van der Waals surface area (Å²) in [5.74, 6) is -0.827. The van der Waals surface area contributed by atoms with Crippen molar-refractivity contribution in [2.45, 2.75) is 13.1 Å². The fourth-order valence-electron chi connectivity index (χ4n) is 1.60. The van der Waals surface area contributed by atoms with E-state index in [1.807, 2.05) is 5.10 Å². The largest absolute Gasteiger partial charge is 0.433 e. The van der Waals surface area contributed by atoms with Crippen LogP contribution >= 0.6 is 11.6 Å². The highest BCUT2D eigenvalue weighted by Gasteiger charge is 2.36. The molecule has 3 nitrogen and oxygen atoms in total. The van der Waals surface area contributed by atoms with E-state index < -0.39 is 28.8 Å². The van der Waals surface area contributed by atoms with Crippen molar-refractivity contribution in [2.75, 3.05) is 0 Å². The highest BCUT2D eigenvalue weighted by atomic mass is 35.5. The summed E-state index contributed by atoms with van der Waals surface area (Å²) in [6.07, 6.45) is -4.68. The topological polar surface area (TPSA) is 37.8 Å². The lowest BCUT2D eigenvalue weighted by Gasteiger charge is -2.05. The first-order valence-corrected chi connectivity index (χ1v) is 5.44. The highest BCUT2D eigenvalue weighted by molar-refractivity contribution is 6.30. The molecule has 0 aliphatic heterocycles. The number of nitrogens with one attached hydrogen (secondary N) is 1. The number of hydrogen-bond donors (Lipinski definition) is 1. The molecule has 8 heteroatoms. The zero-order valence-corrected chi connectivity index (χ0v) is 10.2. The van der Waals surface area contributed by atoms with Gasteiger partial charge >= 0.3 is 6.18 Å². The number of alkyl halides is 3. The van der Waals surface area contributed by atoms with Gasteiger partial charge in [-0.1, -0.05) is 11.6 Å². The molecule has 0 saturated heterocycles. The monoisotopic (exact) mass is 294 g/mol. The van der Waals surface area contributed by atoms with E-state index in [2.05, 4.69) is 0 Å². The maximum atomic E-state index is 13.3. The molecule has 0 amide bonds. The third-order valence-electron chi connectivity index (χ3n) is 2.57. The second kappa shape index (κ2) is 4.41. The highest BCUT2D eigenvalue weighted by Crippen LogP contribution is 2.29. The minimum absolute atomic E-state index is 0.0644. The number of nitrogens with zero attached hydrogens (tertiary/aromatic N) is 1. The molecule has 0 unspecified atom stereocenters. The first-order valence-electron chi connectivity index (χ1n) is 5.06. The van der Waals surface area contributed by atoms with Crippen LogP contribution in [0.4, 0.5) is 17.6 Å². The van der Waals surface area contributed by atoms with E-state index in [-0.39, 0.29) is 10.7 Å². The van der Waals surface area contributed by atoms with Crippen LogP contribution in [0.15, 0.2) is 23.0 Å². The van der Waals surface area contributed by atoms with Gasteiger partial charge in [-0.25, -0.2) is 9.07 Å². The Morgan fingerprint density at radius 3 is 2.42 bits per heavy atom. The molecule has 0 atom stereocenters. The van der Waals surface area contributed by atoms with Crippen molar-refractivity contribution in [3.63, 3.8) is 0 Å². The zero-order valence-electron chi connectivity index (χ0n) is 9.48. The lowest BCUT2D eigenvalue weighted by atomic mass is 10.2. The first-order chi connectivity index (χ1) is 8.71. The molecular weight excluding hydrogens is 288 g/mol. The minimum Gasteiger partial charge on any atom is -0.286 e. The van der Waals surface area contributed by atoms with Crippen LogP contribution in [0.2, 0.25) is 5.02 Å². The summed E-state index contributed by atoms with van der Waals surface area (Å²) < 4.78 is 51.7. The SMILES string of the molecule is Cc1c(C(F)(F)F)[nH]n(-c2ccc(Cl)c(F)c2)c1=O. The first kappa shape index (κ1) is 13.7. The van der Waals surface area contributed by atoms with E-state index in [1.165, 1.54) is 6.07 Å². The third kappa shape index (κ3) is 2.37. The van der Waals surface area contributed by atoms with Crippen molar-refractivity contribution >= 4 is 11.6 Å². The smallest absolute Gasteiger partial charge is 0.286 e. The van der Waals surface area contributed by atoms with Gasteiger partial charge in [-0.15, -0.1) is 0 Å². The summed E-state index contributed by atoms with van der Waals surface area (Å²) in [6.45, 7) is 1.05. The van der Waals surface area contributed by atoms with Gasteiger partial charge in [0.2, 0.25) is 0 Å². The summed E-state index contributed by atoms with van der Waals surface area (Å²) in [5.41, 5.74) is -2.60. The van der Waals surface area contributed by atoms with Crippen molar-refractivity contribution in [3.8, 4) is 5.69 Å². The number of rotatable bonds is 1. The summed E-state index contributed by atoms with van der Waals surface area (Å²) in [7, 11) is 0. The molecule has 1 N–H and O–H groups in total. The second-order valence-electron chi connectivity index (χ2n) is 3.85. The van der Waals surface area contributed by atoms with Crippen LogP contribution in [-0.2, 0) is 6.18 Å². The minimum atomic E-state index is -4.68. The molecule has 102 valence electrons. The number of benzene rings is 1. The quantitative estimate of drug-likeness (QED) is 0.805. The van der Waals surface area contributed by atoms with Gasteiger partial charge in [0.15, 0.2) is 0 Å². The van der Waals surface area contributed by atoms with Gasteiger partial charge in [-0.05, 0) is 19.1 Å². The van der Waals surface area contributed by atoms with Crippen LogP contribution in [0.1, 0.15) is 11.3 Å². The molecule has 0 fully saturated rings. The molecule has 0 aliphatic carbocycles. The van der Waals surface area contributed by atoms with E-state index in [4.69, 9.17) is 11.6 Å². The van der Waals surface area contributed by atoms with Gasteiger partial charge in [-0.3, -0.25) is 9.89 Å². The van der Waals surface area contributed by atoms with E-state index >= 15 is 0 Å². The molecule has 2 aromatic rings. The van der Waals surface area contributed by atoms with Crippen LogP contribution in [0, 0.1) is 12.7 Å². The van der Waals surface area contributed by atoms with Gasteiger partial charge in [-0.2, -0.15) is 13.2 Å². The van der Waals surface area contributed by atoms with Crippen molar-refractivity contribution in [1.82, 2.24) is 9.78 Å². The fraction of sp³-hybridized carbons (Fsp3) is 0.182. The van der Waals surface area contributed by atoms with Crippen molar-refractivity contribution in [1.29, 1.82) is 0 Å². The maximum Gasteiger partial charge on any atom is 0.433 e. The molecule has 0 aliphatic rings. The Kier molecular flexibility index (Phi) is 3.17. The maximum absolute atomic E-state index is 13.3. The van der Waals surface area contributed by atoms with Crippen molar-refractivity contribution in [3.05, 3.63) is 50.7 Å². The van der Waals surface area contributed by atoms with Gasteiger partial charge < -0.3 is 0 Å². The Morgan fingerprint density at radius 1 is 1.32 bits per heavy atom. The van der Waals surface area contributed by atoms with Crippen molar-refractivity contribution < 1.29 is 17.6 Å². The summed E-state index contributed by atoms with van der Waals surface area (Å²) in [5, 5.41) is 1.74. The standard InChI is InChI=1S/C11H7ClF4N2O/c1-5-9(11(14,15)16)17-18(10(5)19)6-2-3-7(12)8(13)4-6/h2-4,17H,1H3. The normalized spacial score (nSPS) is 11.9. The van der Waals surface area contributed by atoms with Crippen LogP contribution in [0.25, 0.3) is 5.69 Å².